The fourth-order valence-electron chi connectivity index (χ4n) is 3.71. The molecular weight excluding hydrogens is 360 g/mol. The second-order valence-corrected chi connectivity index (χ2v) is 7.08. The molecule has 3 heterocycles. The molecule has 148 valence electrons. The van der Waals surface area contributed by atoms with Gasteiger partial charge >= 0.3 is 0 Å². The van der Waals surface area contributed by atoms with Crippen LogP contribution in [0.15, 0.2) is 24.4 Å². The van der Waals surface area contributed by atoms with Gasteiger partial charge in [-0.25, -0.2) is 4.98 Å². The lowest BCUT2D eigenvalue weighted by Crippen LogP contribution is -2.41. The number of carbonyl (C=O) groups is 2. The summed E-state index contributed by atoms with van der Waals surface area (Å²) in [6, 6.07) is 5.53. The zero-order valence-corrected chi connectivity index (χ0v) is 16.1. The van der Waals surface area contributed by atoms with E-state index in [0.29, 0.717) is 50.7 Å². The molecule has 0 bridgehead atoms. The molecule has 0 unspecified atom stereocenters. The van der Waals surface area contributed by atoms with E-state index in [4.69, 9.17) is 9.47 Å². The Hall–Kier alpha value is -2.71. The lowest BCUT2D eigenvalue weighted by atomic mass is 10.0. The summed E-state index contributed by atoms with van der Waals surface area (Å²) in [6.45, 7) is 5.16. The summed E-state index contributed by atoms with van der Waals surface area (Å²) < 4.78 is 12.3. The van der Waals surface area contributed by atoms with E-state index in [2.05, 4.69) is 10.3 Å². The van der Waals surface area contributed by atoms with E-state index in [1.165, 1.54) is 0 Å². The molecule has 1 N–H and O–H groups in total. The van der Waals surface area contributed by atoms with Crippen LogP contribution in [0.25, 0.3) is 0 Å². The van der Waals surface area contributed by atoms with Crippen LogP contribution in [-0.4, -0.2) is 53.1 Å². The Bertz CT molecular complexity index is 908. The smallest absolute Gasteiger partial charge is 0.271 e. The number of nitrogens with one attached hydrogen (secondary N) is 1. The Labute approximate surface area is 163 Å². The summed E-state index contributed by atoms with van der Waals surface area (Å²) in [7, 11) is 1.59. The number of methoxy groups -OCH3 is 1. The van der Waals surface area contributed by atoms with Crippen LogP contribution in [0.4, 0.5) is 0 Å². The van der Waals surface area contributed by atoms with Crippen LogP contribution in [-0.2, 0) is 29.2 Å². The largest absolute Gasteiger partial charge is 0.383 e. The van der Waals surface area contributed by atoms with Crippen LogP contribution < -0.4 is 5.32 Å². The Morgan fingerprint density at radius 1 is 1.29 bits per heavy atom. The summed E-state index contributed by atoms with van der Waals surface area (Å²) in [5, 5.41) is 2.78. The van der Waals surface area contributed by atoms with Gasteiger partial charge in [0.1, 0.15) is 11.5 Å². The highest BCUT2D eigenvalue weighted by Gasteiger charge is 2.31. The number of amides is 2. The van der Waals surface area contributed by atoms with Gasteiger partial charge in [0.05, 0.1) is 25.9 Å². The highest BCUT2D eigenvalue weighted by molar-refractivity contribution is 5.95. The number of aromatic nitrogens is 2. The molecule has 8 nitrogen and oxygen atoms in total. The van der Waals surface area contributed by atoms with Gasteiger partial charge in [0.2, 0.25) is 0 Å². The first-order valence-electron chi connectivity index (χ1n) is 9.43. The van der Waals surface area contributed by atoms with Crippen molar-refractivity contribution in [2.45, 2.75) is 32.7 Å². The zero-order valence-electron chi connectivity index (χ0n) is 16.1. The minimum atomic E-state index is -0.234. The van der Waals surface area contributed by atoms with E-state index < -0.39 is 0 Å². The van der Waals surface area contributed by atoms with Gasteiger partial charge in [-0.15, -0.1) is 0 Å². The molecule has 0 radical (unpaired) electrons. The molecule has 28 heavy (non-hydrogen) atoms. The second-order valence-electron chi connectivity index (χ2n) is 7.08. The van der Waals surface area contributed by atoms with Crippen LogP contribution in [0.2, 0.25) is 0 Å². The van der Waals surface area contributed by atoms with Crippen LogP contribution in [0.1, 0.15) is 50.8 Å². The molecule has 1 aromatic heterocycles. The monoisotopic (exact) mass is 384 g/mol. The van der Waals surface area contributed by atoms with Gasteiger partial charge in [-0.3, -0.25) is 9.59 Å². The molecule has 0 spiro atoms. The number of fused-ring (bicyclic) bond motifs is 2. The van der Waals surface area contributed by atoms with Crippen molar-refractivity contribution in [3.8, 4) is 0 Å². The topological polar surface area (TPSA) is 85.7 Å². The predicted octanol–water partition coefficient (Wildman–Crippen LogP) is 1.51. The van der Waals surface area contributed by atoms with Crippen molar-refractivity contribution in [2.24, 2.45) is 0 Å². The molecule has 1 aromatic carbocycles. The average Bonchev–Trinajstić information content (AvgIpc) is 3.34. The van der Waals surface area contributed by atoms with Crippen molar-refractivity contribution >= 4 is 11.8 Å². The summed E-state index contributed by atoms with van der Waals surface area (Å²) in [4.78, 5) is 31.6. The Morgan fingerprint density at radius 3 is 2.93 bits per heavy atom. The highest BCUT2D eigenvalue weighted by atomic mass is 16.5. The van der Waals surface area contributed by atoms with Crippen molar-refractivity contribution < 1.29 is 19.1 Å². The number of benzene rings is 1. The first-order valence-corrected chi connectivity index (χ1v) is 9.43. The van der Waals surface area contributed by atoms with Gasteiger partial charge in [-0.1, -0.05) is 6.07 Å². The van der Waals surface area contributed by atoms with Crippen LogP contribution in [0, 0.1) is 0 Å². The minimum Gasteiger partial charge on any atom is -0.383 e. The lowest BCUT2D eigenvalue weighted by molar-refractivity contribution is 0.0637. The van der Waals surface area contributed by atoms with Gasteiger partial charge in [0, 0.05) is 38.5 Å². The molecule has 0 fully saturated rings. The fraction of sp³-hybridized carbons (Fsp3) is 0.450. The standard InChI is InChI=1S/C20H24N4O4/c1-13-18-22-17(19(25)21-5-8-27-2)10-23(18)6-7-24(13)20(26)14-3-4-15-11-28-12-16(15)9-14/h3-4,9-10,13H,5-8,11-12H2,1-2H3,(H,21,25)/t13-/m1/s1. The second kappa shape index (κ2) is 7.73. The summed E-state index contributed by atoms with van der Waals surface area (Å²) in [6.07, 6.45) is 1.75. The Kier molecular flexibility index (Phi) is 5.15. The third-order valence-electron chi connectivity index (χ3n) is 5.28. The van der Waals surface area contributed by atoms with Crippen molar-refractivity contribution in [1.29, 1.82) is 0 Å². The lowest BCUT2D eigenvalue weighted by Gasteiger charge is -2.33. The first-order chi connectivity index (χ1) is 13.6. The van der Waals surface area contributed by atoms with E-state index in [9.17, 15) is 9.59 Å². The number of nitrogens with zero attached hydrogens (tertiary/aromatic N) is 3. The Morgan fingerprint density at radius 2 is 2.11 bits per heavy atom. The summed E-state index contributed by atoms with van der Waals surface area (Å²) >= 11 is 0. The van der Waals surface area contributed by atoms with Gasteiger partial charge in [-0.05, 0) is 30.2 Å². The number of hydrogen-bond donors (Lipinski definition) is 1. The van der Waals surface area contributed by atoms with Crippen molar-refractivity contribution in [3.05, 3.63) is 52.6 Å². The molecule has 8 heteroatoms. The van der Waals surface area contributed by atoms with E-state index in [-0.39, 0.29) is 17.9 Å². The molecule has 4 rings (SSSR count). The van der Waals surface area contributed by atoms with Crippen molar-refractivity contribution in [1.82, 2.24) is 19.8 Å². The molecule has 2 aromatic rings. The van der Waals surface area contributed by atoms with Crippen molar-refractivity contribution in [2.75, 3.05) is 26.8 Å². The molecule has 1 atom stereocenters. The Balaban J connectivity index is 1.50. The first kappa shape index (κ1) is 18.6. The molecule has 2 amide bonds. The third-order valence-corrected chi connectivity index (χ3v) is 5.28. The van der Waals surface area contributed by atoms with E-state index >= 15 is 0 Å². The zero-order chi connectivity index (χ0) is 19.7. The van der Waals surface area contributed by atoms with E-state index in [1.54, 1.807) is 13.3 Å². The number of hydrogen-bond acceptors (Lipinski definition) is 5. The number of carbonyl (C=O) groups excluding carboxylic acids is 2. The predicted molar refractivity (Wildman–Crippen MR) is 101 cm³/mol. The van der Waals surface area contributed by atoms with E-state index in [1.807, 2.05) is 34.6 Å². The van der Waals surface area contributed by atoms with Crippen LogP contribution >= 0.6 is 0 Å². The number of imidazole rings is 1. The third kappa shape index (κ3) is 3.41. The normalized spacial score (nSPS) is 17.9. The number of ether oxygens (including phenoxy) is 2. The summed E-state index contributed by atoms with van der Waals surface area (Å²) in [5.74, 6) is 0.464. The quantitative estimate of drug-likeness (QED) is 0.790. The van der Waals surface area contributed by atoms with Gasteiger partial charge in [0.15, 0.2) is 0 Å². The summed E-state index contributed by atoms with van der Waals surface area (Å²) in [5.41, 5.74) is 3.24. The van der Waals surface area contributed by atoms with Gasteiger partial charge < -0.3 is 24.3 Å². The molecule has 2 aliphatic heterocycles. The molecular formula is C20H24N4O4. The van der Waals surface area contributed by atoms with Gasteiger partial charge in [0.25, 0.3) is 11.8 Å². The van der Waals surface area contributed by atoms with E-state index in [0.717, 1.165) is 17.0 Å². The maximum Gasteiger partial charge on any atom is 0.271 e. The molecule has 2 aliphatic rings. The average molecular weight is 384 g/mol. The molecule has 0 saturated carbocycles. The maximum atomic E-state index is 13.1. The minimum absolute atomic E-state index is 0.0254. The molecule has 0 aliphatic carbocycles. The fourth-order valence-corrected chi connectivity index (χ4v) is 3.71. The molecule has 0 saturated heterocycles. The highest BCUT2D eigenvalue weighted by Crippen LogP contribution is 2.28. The number of rotatable bonds is 5. The van der Waals surface area contributed by atoms with Crippen LogP contribution in [0.5, 0.6) is 0 Å². The SMILES string of the molecule is COCCNC(=O)c1cn2c(n1)[C@@H](C)N(C(=O)c1ccc3c(c1)COC3)CC2. The maximum absolute atomic E-state index is 13.1. The van der Waals surface area contributed by atoms with Gasteiger partial charge in [-0.2, -0.15) is 0 Å². The van der Waals surface area contributed by atoms with Crippen molar-refractivity contribution in [3.63, 3.8) is 0 Å². The van der Waals surface area contributed by atoms with Crippen LogP contribution in [0.3, 0.4) is 0 Å².